The number of nitrogens with one attached hydrogen (secondary N) is 1. The third kappa shape index (κ3) is 1.40. The number of halogens is 1. The molecule has 0 aromatic heterocycles. The number of benzene rings is 1. The number of hydrogen-bond acceptors (Lipinski definition) is 2. The van der Waals surface area contributed by atoms with E-state index in [0.717, 1.165) is 17.9 Å². The van der Waals surface area contributed by atoms with Crippen LogP contribution in [0.3, 0.4) is 0 Å². The van der Waals surface area contributed by atoms with Crippen molar-refractivity contribution in [3.63, 3.8) is 0 Å². The lowest BCUT2D eigenvalue weighted by molar-refractivity contribution is 0.403. The van der Waals surface area contributed by atoms with E-state index in [1.807, 2.05) is 6.92 Å². The zero-order valence-corrected chi connectivity index (χ0v) is 7.73. The fourth-order valence-electron chi connectivity index (χ4n) is 1.43. The standard InChI is InChI=1S/C10H12FNO/c1-10(6-12-10)8-5-7(11)3-4-9(8)13-2/h3-5,12H,6H2,1-2H3. The zero-order chi connectivity index (χ0) is 9.47. The topological polar surface area (TPSA) is 31.2 Å². The van der Waals surface area contributed by atoms with Gasteiger partial charge in [0, 0.05) is 12.1 Å². The first kappa shape index (κ1) is 8.51. The average molecular weight is 181 g/mol. The van der Waals surface area contributed by atoms with Crippen LogP contribution in [0.2, 0.25) is 0 Å². The van der Waals surface area contributed by atoms with Gasteiger partial charge in [-0.05, 0) is 25.1 Å². The predicted octanol–water partition coefficient (Wildman–Crippen LogP) is 1.65. The molecule has 1 aromatic carbocycles. The lowest BCUT2D eigenvalue weighted by atomic mass is 10.0. The Labute approximate surface area is 76.7 Å². The van der Waals surface area contributed by atoms with Crippen molar-refractivity contribution in [1.82, 2.24) is 5.32 Å². The first-order chi connectivity index (χ1) is 6.15. The Kier molecular flexibility index (Phi) is 1.77. The predicted molar refractivity (Wildman–Crippen MR) is 48.3 cm³/mol. The van der Waals surface area contributed by atoms with Crippen LogP contribution in [0.15, 0.2) is 18.2 Å². The first-order valence-corrected chi connectivity index (χ1v) is 4.25. The highest BCUT2D eigenvalue weighted by Crippen LogP contribution is 2.36. The van der Waals surface area contributed by atoms with Crippen molar-refractivity contribution in [2.24, 2.45) is 0 Å². The Morgan fingerprint density at radius 2 is 2.23 bits per heavy atom. The second-order valence-electron chi connectivity index (χ2n) is 3.53. The molecule has 1 heterocycles. The number of hydrogen-bond donors (Lipinski definition) is 1. The Hall–Kier alpha value is -1.09. The summed E-state index contributed by atoms with van der Waals surface area (Å²) >= 11 is 0. The summed E-state index contributed by atoms with van der Waals surface area (Å²) in [5, 5.41) is 3.18. The van der Waals surface area contributed by atoms with E-state index in [4.69, 9.17) is 4.74 Å². The van der Waals surface area contributed by atoms with E-state index < -0.39 is 0 Å². The number of rotatable bonds is 2. The van der Waals surface area contributed by atoms with Gasteiger partial charge in [0.05, 0.1) is 12.6 Å². The molecule has 0 aliphatic carbocycles. The molecule has 0 bridgehead atoms. The molecule has 1 N–H and O–H groups in total. The molecule has 2 rings (SSSR count). The maximum absolute atomic E-state index is 13.0. The summed E-state index contributed by atoms with van der Waals surface area (Å²) in [7, 11) is 1.60. The van der Waals surface area contributed by atoms with Gasteiger partial charge in [-0.25, -0.2) is 4.39 Å². The summed E-state index contributed by atoms with van der Waals surface area (Å²) in [6, 6.07) is 4.60. The average Bonchev–Trinajstić information content (AvgIpc) is 2.85. The van der Waals surface area contributed by atoms with Gasteiger partial charge in [-0.2, -0.15) is 0 Å². The zero-order valence-electron chi connectivity index (χ0n) is 7.73. The van der Waals surface area contributed by atoms with Crippen molar-refractivity contribution in [3.05, 3.63) is 29.6 Å². The molecular formula is C10H12FNO. The van der Waals surface area contributed by atoms with Crippen LogP contribution in [-0.2, 0) is 5.54 Å². The summed E-state index contributed by atoms with van der Waals surface area (Å²) < 4.78 is 18.1. The molecule has 2 nitrogen and oxygen atoms in total. The second-order valence-corrected chi connectivity index (χ2v) is 3.53. The van der Waals surface area contributed by atoms with Crippen LogP contribution in [0.5, 0.6) is 5.75 Å². The van der Waals surface area contributed by atoms with Crippen molar-refractivity contribution >= 4 is 0 Å². The van der Waals surface area contributed by atoms with Gasteiger partial charge in [0.1, 0.15) is 11.6 Å². The summed E-state index contributed by atoms with van der Waals surface area (Å²) in [5.74, 6) is 0.527. The van der Waals surface area contributed by atoms with Crippen molar-refractivity contribution in [1.29, 1.82) is 0 Å². The monoisotopic (exact) mass is 181 g/mol. The van der Waals surface area contributed by atoms with Crippen molar-refractivity contribution < 1.29 is 9.13 Å². The van der Waals surface area contributed by atoms with Gasteiger partial charge in [-0.15, -0.1) is 0 Å². The van der Waals surface area contributed by atoms with Crippen molar-refractivity contribution in [2.75, 3.05) is 13.7 Å². The minimum atomic E-state index is -0.217. The third-order valence-corrected chi connectivity index (χ3v) is 2.46. The van der Waals surface area contributed by atoms with Gasteiger partial charge in [0.15, 0.2) is 0 Å². The van der Waals surface area contributed by atoms with Gasteiger partial charge in [0.25, 0.3) is 0 Å². The molecule has 0 saturated carbocycles. The van der Waals surface area contributed by atoms with Crippen LogP contribution in [-0.4, -0.2) is 13.7 Å². The molecule has 0 spiro atoms. The van der Waals surface area contributed by atoms with Crippen molar-refractivity contribution in [2.45, 2.75) is 12.5 Å². The van der Waals surface area contributed by atoms with E-state index in [-0.39, 0.29) is 11.4 Å². The maximum Gasteiger partial charge on any atom is 0.124 e. The van der Waals surface area contributed by atoms with Gasteiger partial charge in [-0.1, -0.05) is 0 Å². The van der Waals surface area contributed by atoms with E-state index in [9.17, 15) is 4.39 Å². The van der Waals surface area contributed by atoms with E-state index in [1.54, 1.807) is 13.2 Å². The largest absolute Gasteiger partial charge is 0.496 e. The van der Waals surface area contributed by atoms with E-state index in [2.05, 4.69) is 5.32 Å². The lowest BCUT2D eigenvalue weighted by Crippen LogP contribution is -2.09. The molecule has 1 atom stereocenters. The summed E-state index contributed by atoms with van der Waals surface area (Å²) in [6.07, 6.45) is 0. The van der Waals surface area contributed by atoms with Gasteiger partial charge >= 0.3 is 0 Å². The summed E-state index contributed by atoms with van der Waals surface area (Å²) in [6.45, 7) is 2.91. The molecule has 70 valence electrons. The fraction of sp³-hybridized carbons (Fsp3) is 0.400. The molecule has 1 saturated heterocycles. The molecular weight excluding hydrogens is 169 g/mol. The highest BCUT2D eigenvalue weighted by molar-refractivity contribution is 5.42. The van der Waals surface area contributed by atoms with Gasteiger partial charge in [0.2, 0.25) is 0 Å². The molecule has 3 heteroatoms. The highest BCUT2D eigenvalue weighted by atomic mass is 19.1. The fourth-order valence-corrected chi connectivity index (χ4v) is 1.43. The Bertz CT molecular complexity index is 334. The van der Waals surface area contributed by atoms with Crippen LogP contribution >= 0.6 is 0 Å². The van der Waals surface area contributed by atoms with E-state index in [0.29, 0.717) is 0 Å². The van der Waals surface area contributed by atoms with Gasteiger partial charge < -0.3 is 10.1 Å². The van der Waals surface area contributed by atoms with Crippen LogP contribution < -0.4 is 10.1 Å². The normalized spacial score (nSPS) is 25.8. The van der Waals surface area contributed by atoms with Crippen molar-refractivity contribution in [3.8, 4) is 5.75 Å². The van der Waals surface area contributed by atoms with Crippen LogP contribution in [0.4, 0.5) is 4.39 Å². The maximum atomic E-state index is 13.0. The molecule has 1 fully saturated rings. The van der Waals surface area contributed by atoms with Crippen LogP contribution in [0.1, 0.15) is 12.5 Å². The minimum Gasteiger partial charge on any atom is -0.496 e. The Morgan fingerprint density at radius 1 is 1.54 bits per heavy atom. The van der Waals surface area contributed by atoms with Gasteiger partial charge in [-0.3, -0.25) is 0 Å². The first-order valence-electron chi connectivity index (χ1n) is 4.25. The molecule has 1 aliphatic heterocycles. The minimum absolute atomic E-state index is 0.0898. The quantitative estimate of drug-likeness (QED) is 0.703. The molecule has 1 unspecified atom stereocenters. The SMILES string of the molecule is COc1ccc(F)cc1C1(C)CN1. The number of ether oxygens (including phenoxy) is 1. The molecule has 13 heavy (non-hydrogen) atoms. The Morgan fingerprint density at radius 3 is 2.77 bits per heavy atom. The molecule has 0 radical (unpaired) electrons. The molecule has 1 aromatic rings. The Balaban J connectivity index is 2.47. The molecule has 1 aliphatic rings. The smallest absolute Gasteiger partial charge is 0.124 e. The lowest BCUT2D eigenvalue weighted by Gasteiger charge is -2.12. The highest BCUT2D eigenvalue weighted by Gasteiger charge is 2.40. The van der Waals surface area contributed by atoms with E-state index >= 15 is 0 Å². The molecule has 0 amide bonds. The number of methoxy groups -OCH3 is 1. The van der Waals surface area contributed by atoms with E-state index in [1.165, 1.54) is 12.1 Å². The summed E-state index contributed by atoms with van der Waals surface area (Å²) in [5.41, 5.74) is 0.808. The van der Waals surface area contributed by atoms with Crippen LogP contribution in [0, 0.1) is 5.82 Å². The third-order valence-electron chi connectivity index (χ3n) is 2.46. The summed E-state index contributed by atoms with van der Waals surface area (Å²) in [4.78, 5) is 0. The van der Waals surface area contributed by atoms with Crippen LogP contribution in [0.25, 0.3) is 0 Å². The second kappa shape index (κ2) is 2.70.